The van der Waals surface area contributed by atoms with Gasteiger partial charge in [0.1, 0.15) is 0 Å². The largest absolute Gasteiger partial charge is 0.377 e. The van der Waals surface area contributed by atoms with Crippen LogP contribution in [-0.4, -0.2) is 55.9 Å². The van der Waals surface area contributed by atoms with E-state index in [-0.39, 0.29) is 23.4 Å². The summed E-state index contributed by atoms with van der Waals surface area (Å²) in [4.78, 5) is 0. The zero-order valence-electron chi connectivity index (χ0n) is 13.6. The summed E-state index contributed by atoms with van der Waals surface area (Å²) in [6.07, 6.45) is 4.79. The molecule has 1 N–H and O–H groups in total. The monoisotopic (exact) mass is 318 g/mol. The van der Waals surface area contributed by atoms with Gasteiger partial charge >= 0.3 is 0 Å². The van der Waals surface area contributed by atoms with Crippen LogP contribution in [0.2, 0.25) is 0 Å². The molecule has 2 fully saturated rings. The maximum atomic E-state index is 12.7. The second-order valence-electron chi connectivity index (χ2n) is 7.30. The summed E-state index contributed by atoms with van der Waals surface area (Å²) in [6, 6.07) is 0.0874. The normalized spacial score (nSPS) is 28.9. The van der Waals surface area contributed by atoms with Crippen LogP contribution in [0.3, 0.4) is 0 Å². The lowest BCUT2D eigenvalue weighted by Gasteiger charge is -2.37. The highest BCUT2D eigenvalue weighted by Crippen LogP contribution is 2.23. The molecule has 6 heteroatoms. The summed E-state index contributed by atoms with van der Waals surface area (Å²) in [7, 11) is -3.22. The van der Waals surface area contributed by atoms with E-state index in [1.807, 2.05) is 0 Å². The molecular weight excluding hydrogens is 288 g/mol. The van der Waals surface area contributed by atoms with E-state index in [0.717, 1.165) is 38.6 Å². The maximum absolute atomic E-state index is 12.7. The van der Waals surface area contributed by atoms with E-state index in [9.17, 15) is 8.42 Å². The summed E-state index contributed by atoms with van der Waals surface area (Å²) < 4.78 is 32.6. The number of sulfonamides is 1. The van der Waals surface area contributed by atoms with E-state index in [1.165, 1.54) is 0 Å². The first-order valence-electron chi connectivity index (χ1n) is 8.14. The smallest absolute Gasteiger partial charge is 0.216 e. The van der Waals surface area contributed by atoms with Crippen LogP contribution < -0.4 is 5.32 Å². The standard InChI is InChI=1S/C15H30N2O3S/c1-15(2,3)16-11-13-7-4-5-9-17(13)21(18,19)12-14-8-6-10-20-14/h13-14,16H,4-12H2,1-3H3. The third-order valence-corrected chi connectivity index (χ3v) is 6.21. The molecule has 2 rings (SSSR count). The van der Waals surface area contributed by atoms with E-state index in [2.05, 4.69) is 26.1 Å². The predicted molar refractivity (Wildman–Crippen MR) is 84.9 cm³/mol. The maximum Gasteiger partial charge on any atom is 0.216 e. The number of piperidine rings is 1. The highest BCUT2D eigenvalue weighted by molar-refractivity contribution is 7.89. The molecule has 0 amide bonds. The Morgan fingerprint density at radius 3 is 2.57 bits per heavy atom. The molecular formula is C15H30N2O3S. The molecule has 0 saturated carbocycles. The zero-order valence-corrected chi connectivity index (χ0v) is 14.4. The van der Waals surface area contributed by atoms with E-state index in [1.54, 1.807) is 4.31 Å². The van der Waals surface area contributed by atoms with Gasteiger partial charge in [-0.25, -0.2) is 8.42 Å². The minimum Gasteiger partial charge on any atom is -0.377 e. The zero-order chi connectivity index (χ0) is 15.5. The SMILES string of the molecule is CC(C)(C)NCC1CCCCN1S(=O)(=O)CC1CCCO1. The van der Waals surface area contributed by atoms with E-state index in [0.29, 0.717) is 13.2 Å². The van der Waals surface area contributed by atoms with Crippen LogP contribution in [0, 0.1) is 0 Å². The Labute approximate surface area is 129 Å². The molecule has 2 aliphatic rings. The summed E-state index contributed by atoms with van der Waals surface area (Å²) in [5.74, 6) is 0.152. The molecule has 2 aliphatic heterocycles. The van der Waals surface area contributed by atoms with Gasteiger partial charge < -0.3 is 10.1 Å². The van der Waals surface area contributed by atoms with Crippen LogP contribution in [0.1, 0.15) is 52.9 Å². The van der Waals surface area contributed by atoms with Gasteiger partial charge in [0.05, 0.1) is 11.9 Å². The van der Waals surface area contributed by atoms with E-state index >= 15 is 0 Å². The average molecular weight is 318 g/mol. The first kappa shape index (κ1) is 17.2. The Kier molecular flexibility index (Phi) is 5.68. The van der Waals surface area contributed by atoms with Crippen LogP contribution >= 0.6 is 0 Å². The fraction of sp³-hybridized carbons (Fsp3) is 1.00. The quantitative estimate of drug-likeness (QED) is 0.839. The van der Waals surface area contributed by atoms with Crippen molar-refractivity contribution >= 4 is 10.0 Å². The molecule has 2 unspecified atom stereocenters. The fourth-order valence-electron chi connectivity index (χ4n) is 3.07. The second-order valence-corrected chi connectivity index (χ2v) is 9.27. The molecule has 0 bridgehead atoms. The van der Waals surface area contributed by atoms with Gasteiger partial charge in [0.25, 0.3) is 0 Å². The molecule has 2 heterocycles. The van der Waals surface area contributed by atoms with Gasteiger partial charge in [0.2, 0.25) is 10.0 Å². The first-order chi connectivity index (χ1) is 9.78. The van der Waals surface area contributed by atoms with Gasteiger partial charge in [-0.15, -0.1) is 0 Å². The highest BCUT2D eigenvalue weighted by Gasteiger charge is 2.35. The molecule has 2 saturated heterocycles. The molecule has 0 aromatic rings. The van der Waals surface area contributed by atoms with Crippen molar-refractivity contribution in [2.24, 2.45) is 0 Å². The Balaban J connectivity index is 1.99. The number of nitrogens with one attached hydrogen (secondary N) is 1. The molecule has 0 aliphatic carbocycles. The lowest BCUT2D eigenvalue weighted by Crippen LogP contribution is -2.52. The highest BCUT2D eigenvalue weighted by atomic mass is 32.2. The molecule has 5 nitrogen and oxygen atoms in total. The third-order valence-electron chi connectivity index (χ3n) is 4.22. The van der Waals surface area contributed by atoms with Gasteiger partial charge in [-0.3, -0.25) is 0 Å². The van der Waals surface area contributed by atoms with Gasteiger partial charge in [-0.2, -0.15) is 4.31 Å². The molecule has 0 spiro atoms. The Bertz CT molecular complexity index is 425. The minimum atomic E-state index is -3.22. The third kappa shape index (κ3) is 5.20. The number of ether oxygens (including phenoxy) is 1. The van der Waals surface area contributed by atoms with Crippen molar-refractivity contribution in [1.82, 2.24) is 9.62 Å². The van der Waals surface area contributed by atoms with E-state index < -0.39 is 10.0 Å². The number of nitrogens with zero attached hydrogens (tertiary/aromatic N) is 1. The summed E-state index contributed by atoms with van der Waals surface area (Å²) in [6.45, 7) is 8.43. The van der Waals surface area contributed by atoms with Crippen molar-refractivity contribution in [3.8, 4) is 0 Å². The van der Waals surface area contributed by atoms with Crippen molar-refractivity contribution in [1.29, 1.82) is 0 Å². The van der Waals surface area contributed by atoms with Crippen LogP contribution in [0.4, 0.5) is 0 Å². The summed E-state index contributed by atoms with van der Waals surface area (Å²) in [5, 5.41) is 3.45. The van der Waals surface area contributed by atoms with Gasteiger partial charge in [0, 0.05) is 31.3 Å². The van der Waals surface area contributed by atoms with Crippen molar-refractivity contribution in [3.05, 3.63) is 0 Å². The lowest BCUT2D eigenvalue weighted by molar-refractivity contribution is 0.125. The van der Waals surface area contributed by atoms with Gasteiger partial charge in [-0.1, -0.05) is 6.42 Å². The Hall–Kier alpha value is -0.170. The van der Waals surface area contributed by atoms with Crippen molar-refractivity contribution in [3.63, 3.8) is 0 Å². The number of rotatable bonds is 5. The topological polar surface area (TPSA) is 58.6 Å². The Morgan fingerprint density at radius 1 is 1.19 bits per heavy atom. The van der Waals surface area contributed by atoms with Gasteiger partial charge in [0.15, 0.2) is 0 Å². The average Bonchev–Trinajstić information content (AvgIpc) is 2.88. The van der Waals surface area contributed by atoms with Crippen molar-refractivity contribution in [2.45, 2.75) is 70.6 Å². The molecule has 0 aromatic carbocycles. The van der Waals surface area contributed by atoms with Crippen LogP contribution in [0.5, 0.6) is 0 Å². The van der Waals surface area contributed by atoms with Gasteiger partial charge in [-0.05, 0) is 46.5 Å². The lowest BCUT2D eigenvalue weighted by atomic mass is 10.0. The van der Waals surface area contributed by atoms with Crippen molar-refractivity contribution in [2.75, 3.05) is 25.4 Å². The molecule has 21 heavy (non-hydrogen) atoms. The minimum absolute atomic E-state index is 0.0153. The molecule has 2 atom stereocenters. The predicted octanol–water partition coefficient (Wildman–Crippen LogP) is 1.74. The Morgan fingerprint density at radius 2 is 1.95 bits per heavy atom. The van der Waals surface area contributed by atoms with Crippen LogP contribution in [0.25, 0.3) is 0 Å². The molecule has 0 radical (unpaired) electrons. The summed E-state index contributed by atoms with van der Waals surface area (Å²) in [5.41, 5.74) is 0.0153. The number of hydrogen-bond acceptors (Lipinski definition) is 4. The first-order valence-corrected chi connectivity index (χ1v) is 9.75. The van der Waals surface area contributed by atoms with Crippen LogP contribution in [-0.2, 0) is 14.8 Å². The second kappa shape index (κ2) is 6.94. The fourth-order valence-corrected chi connectivity index (χ4v) is 5.04. The number of hydrogen-bond donors (Lipinski definition) is 1. The van der Waals surface area contributed by atoms with E-state index in [4.69, 9.17) is 4.74 Å². The molecule has 124 valence electrons. The molecule has 0 aromatic heterocycles. The van der Waals surface area contributed by atoms with Crippen molar-refractivity contribution < 1.29 is 13.2 Å². The summed E-state index contributed by atoms with van der Waals surface area (Å²) >= 11 is 0. The van der Waals surface area contributed by atoms with Crippen LogP contribution in [0.15, 0.2) is 0 Å².